The number of hydrogen-bond donors (Lipinski definition) is 3. The van der Waals surface area contributed by atoms with Crippen LogP contribution in [0, 0.1) is 23.7 Å². The lowest BCUT2D eigenvalue weighted by Crippen LogP contribution is -2.51. The van der Waals surface area contributed by atoms with Crippen LogP contribution in [0.1, 0.15) is 89.6 Å². The highest BCUT2D eigenvalue weighted by Gasteiger charge is 2.43. The normalized spacial score (nSPS) is 20.9. The molecule has 0 bridgehead atoms. The number of amides is 4. The van der Waals surface area contributed by atoms with Gasteiger partial charge in [0.15, 0.2) is 0 Å². The molecule has 5 aromatic rings. The summed E-state index contributed by atoms with van der Waals surface area (Å²) < 4.78 is 21.5. The quantitative estimate of drug-likeness (QED) is 0.103. The van der Waals surface area contributed by atoms with Crippen molar-refractivity contribution in [2.75, 3.05) is 34.5 Å². The molecular formula is C48H58N8O8. The van der Waals surface area contributed by atoms with E-state index in [1.165, 1.54) is 20.4 Å². The number of likely N-dealkylation sites (tertiary alicyclic amines) is 2. The van der Waals surface area contributed by atoms with Crippen molar-refractivity contribution in [3.05, 3.63) is 65.9 Å². The van der Waals surface area contributed by atoms with E-state index in [1.807, 2.05) is 38.7 Å². The molecular weight excluding hydrogens is 817 g/mol. The summed E-state index contributed by atoms with van der Waals surface area (Å²) in [6, 6.07) is 13.3. The van der Waals surface area contributed by atoms with Gasteiger partial charge in [-0.2, -0.15) is 4.99 Å². The van der Waals surface area contributed by atoms with Gasteiger partial charge < -0.3 is 44.0 Å². The van der Waals surface area contributed by atoms with E-state index in [9.17, 15) is 19.2 Å². The van der Waals surface area contributed by atoms with Crippen LogP contribution in [-0.2, 0) is 30.4 Å². The zero-order chi connectivity index (χ0) is 45.4. The van der Waals surface area contributed by atoms with E-state index in [4.69, 9.17) is 28.9 Å². The summed E-state index contributed by atoms with van der Waals surface area (Å²) in [4.78, 5) is 76.9. The van der Waals surface area contributed by atoms with Crippen molar-refractivity contribution < 1.29 is 38.1 Å². The van der Waals surface area contributed by atoms with Crippen LogP contribution in [0.3, 0.4) is 0 Å². The van der Waals surface area contributed by atoms with Gasteiger partial charge in [-0.3, -0.25) is 9.59 Å². The van der Waals surface area contributed by atoms with Crippen LogP contribution in [0.5, 0.6) is 5.75 Å². The maximum absolute atomic E-state index is 14.2. The van der Waals surface area contributed by atoms with Crippen molar-refractivity contribution in [2.24, 2.45) is 28.7 Å². The summed E-state index contributed by atoms with van der Waals surface area (Å²) in [6.45, 7) is 11.2. The minimum absolute atomic E-state index is 0.0140. The van der Waals surface area contributed by atoms with Gasteiger partial charge in [-0.1, -0.05) is 52.3 Å². The van der Waals surface area contributed by atoms with Gasteiger partial charge in [0.05, 0.1) is 61.8 Å². The highest BCUT2D eigenvalue weighted by Crippen LogP contribution is 2.44. The minimum atomic E-state index is -0.756. The number of benzene rings is 3. The number of alkyl carbamates (subject to hydrolysis) is 1. The zero-order valence-electron chi connectivity index (χ0n) is 37.8. The Balaban J connectivity index is 1.05. The predicted octanol–water partition coefficient (Wildman–Crippen LogP) is 8.13. The molecule has 0 spiro atoms. The van der Waals surface area contributed by atoms with Crippen LogP contribution in [0.2, 0.25) is 0 Å². The zero-order valence-corrected chi connectivity index (χ0v) is 37.8. The second-order valence-electron chi connectivity index (χ2n) is 17.8. The van der Waals surface area contributed by atoms with Crippen molar-refractivity contribution in [3.8, 4) is 28.1 Å². The Morgan fingerprint density at radius 1 is 0.969 bits per heavy atom. The summed E-state index contributed by atoms with van der Waals surface area (Å²) in [5.41, 5.74) is 6.52. The van der Waals surface area contributed by atoms with Gasteiger partial charge >= 0.3 is 12.2 Å². The molecule has 3 aliphatic rings. The number of hydrogen-bond acceptors (Lipinski definition) is 10. The molecule has 3 N–H and O–H groups in total. The number of methoxy groups -OCH3 is 3. The molecule has 0 aliphatic carbocycles. The predicted molar refractivity (Wildman–Crippen MR) is 242 cm³/mol. The number of rotatable bonds is 12. The first kappa shape index (κ1) is 44.3. The Bertz CT molecular complexity index is 2600. The number of fused-ring (bicyclic) bond motifs is 6. The molecule has 16 nitrogen and oxygen atoms in total. The fraction of sp³-hybridized carbons (Fsp3) is 0.479. The molecule has 16 heteroatoms. The number of nitrogens with zero attached hydrogens (tertiary/aromatic N) is 5. The molecule has 5 heterocycles. The summed E-state index contributed by atoms with van der Waals surface area (Å²) in [7, 11) is 4.21. The molecule has 0 radical (unpaired) electrons. The molecule has 2 saturated heterocycles. The van der Waals surface area contributed by atoms with Gasteiger partial charge in [0, 0.05) is 42.8 Å². The number of aromatic amines is 2. The number of ether oxygens (including phenoxy) is 4. The van der Waals surface area contributed by atoms with Crippen LogP contribution in [0.15, 0.2) is 53.7 Å². The summed E-state index contributed by atoms with van der Waals surface area (Å²) in [5.74, 6) is 1.24. The topological polar surface area (TPSA) is 193 Å². The van der Waals surface area contributed by atoms with Crippen LogP contribution < -0.4 is 10.1 Å². The Labute approximate surface area is 372 Å². The van der Waals surface area contributed by atoms with Gasteiger partial charge in [0.25, 0.3) is 0 Å². The molecule has 3 aliphatic heterocycles. The Kier molecular flexibility index (Phi) is 12.8. The van der Waals surface area contributed by atoms with Crippen molar-refractivity contribution in [2.45, 2.75) is 91.1 Å². The van der Waals surface area contributed by atoms with Gasteiger partial charge in [-0.15, -0.1) is 0 Å². The van der Waals surface area contributed by atoms with Crippen molar-refractivity contribution >= 4 is 52.0 Å². The standard InChI is InChI=1S/C48H58N8O8/c1-9-26(4)35(20-50-47(59)62-7)45(57)56-27(5)10-15-38(56)44-51-36-14-12-29-18-34-32-13-11-30(17-31(32)24-64-40(34)19-33(29)42(36)53-44)37-21-49-43(52-37)39-16-28(23-61-6)22-55(39)46(58)41(25(2)3)54-48(60)63-8/h11-14,17-21,25-28,35,38-39,41H,9-10,15-16,22-24H2,1-8H3,(H,49,52)(H,51,53)(H,54,60). The molecule has 7 unspecified atom stereocenters. The van der Waals surface area contributed by atoms with E-state index >= 15 is 0 Å². The monoisotopic (exact) mass is 874 g/mol. The van der Waals surface area contributed by atoms with Gasteiger partial charge in [-0.05, 0) is 84.4 Å². The second-order valence-corrected chi connectivity index (χ2v) is 17.8. The van der Waals surface area contributed by atoms with E-state index in [0.29, 0.717) is 32.0 Å². The molecule has 338 valence electrons. The Hall–Kier alpha value is -6.29. The molecule has 0 saturated carbocycles. The highest BCUT2D eigenvalue weighted by atomic mass is 16.5. The number of aliphatic imine (C=N–C) groups is 1. The number of imidazole rings is 2. The third-order valence-electron chi connectivity index (χ3n) is 13.3. The molecule has 8 rings (SSSR count). The average Bonchev–Trinajstić information content (AvgIpc) is 4.12. The highest BCUT2D eigenvalue weighted by molar-refractivity contribution is 6.07. The van der Waals surface area contributed by atoms with Crippen molar-refractivity contribution in [1.82, 2.24) is 35.1 Å². The number of aromatic nitrogens is 4. The third kappa shape index (κ3) is 8.42. The van der Waals surface area contributed by atoms with E-state index < -0.39 is 24.1 Å². The molecule has 2 aromatic heterocycles. The number of carbonyl (C=O) groups excluding carboxylic acids is 4. The van der Waals surface area contributed by atoms with Crippen LogP contribution in [0.4, 0.5) is 9.59 Å². The smallest absolute Gasteiger partial charge is 0.432 e. The van der Waals surface area contributed by atoms with Gasteiger partial charge in [0.2, 0.25) is 11.8 Å². The Morgan fingerprint density at radius 2 is 1.78 bits per heavy atom. The number of nitrogens with one attached hydrogen (secondary N) is 3. The lowest BCUT2D eigenvalue weighted by atomic mass is 9.91. The largest absolute Gasteiger partial charge is 0.488 e. The van der Waals surface area contributed by atoms with Crippen molar-refractivity contribution in [1.29, 1.82) is 0 Å². The van der Waals surface area contributed by atoms with E-state index in [0.717, 1.165) is 80.6 Å². The van der Waals surface area contributed by atoms with E-state index in [-0.39, 0.29) is 47.7 Å². The third-order valence-corrected chi connectivity index (χ3v) is 13.3. The summed E-state index contributed by atoms with van der Waals surface area (Å²) in [5, 5.41) is 4.68. The first-order valence-corrected chi connectivity index (χ1v) is 22.2. The molecule has 4 amide bonds. The molecule has 64 heavy (non-hydrogen) atoms. The Morgan fingerprint density at radius 3 is 2.52 bits per heavy atom. The SMILES string of the molecule is CCC(C)C(C=NC(=O)OC)C(=O)N1C(C)CCC1c1nc2c(ccc3cc4c(cc32)OCc2cc(-c3cnc(C5CC(COC)CN5C(=O)C(NC(=O)OC)C(C)C)[nH]3)ccc2-4)[nH]1. The lowest BCUT2D eigenvalue weighted by Gasteiger charge is -2.32. The lowest BCUT2D eigenvalue weighted by molar-refractivity contribution is -0.137. The van der Waals surface area contributed by atoms with Crippen LogP contribution in [-0.4, -0.2) is 107 Å². The summed E-state index contributed by atoms with van der Waals surface area (Å²) >= 11 is 0. The first-order chi connectivity index (χ1) is 30.8. The first-order valence-electron chi connectivity index (χ1n) is 22.2. The van der Waals surface area contributed by atoms with E-state index in [2.05, 4.69) is 63.6 Å². The molecule has 3 aromatic carbocycles. The van der Waals surface area contributed by atoms with Crippen LogP contribution in [0.25, 0.3) is 44.2 Å². The van der Waals surface area contributed by atoms with Gasteiger partial charge in [0.1, 0.15) is 30.0 Å². The van der Waals surface area contributed by atoms with Crippen LogP contribution >= 0.6 is 0 Å². The van der Waals surface area contributed by atoms with E-state index in [1.54, 1.807) is 18.2 Å². The second kappa shape index (κ2) is 18.4. The number of carbonyl (C=O) groups is 4. The molecule has 2 fully saturated rings. The maximum atomic E-state index is 14.2. The minimum Gasteiger partial charge on any atom is -0.488 e. The van der Waals surface area contributed by atoms with Crippen molar-refractivity contribution in [3.63, 3.8) is 0 Å². The maximum Gasteiger partial charge on any atom is 0.432 e. The average molecular weight is 875 g/mol. The summed E-state index contributed by atoms with van der Waals surface area (Å²) in [6.07, 6.45) is 4.85. The fourth-order valence-electron chi connectivity index (χ4n) is 9.64. The van der Waals surface area contributed by atoms with Gasteiger partial charge in [-0.25, -0.2) is 19.6 Å². The molecule has 7 atom stereocenters. The number of H-pyrrole nitrogens is 2. The fourth-order valence-corrected chi connectivity index (χ4v) is 9.64.